The number of nitrogens with one attached hydrogen (secondary N) is 1. The fourth-order valence-electron chi connectivity index (χ4n) is 2.56. The molecule has 7 heteroatoms. The quantitative estimate of drug-likeness (QED) is 0.774. The summed E-state index contributed by atoms with van der Waals surface area (Å²) in [6, 6.07) is -0.500. The van der Waals surface area contributed by atoms with Crippen LogP contribution in [0.25, 0.3) is 0 Å². The Hall–Kier alpha value is -1.79. The Bertz CT molecular complexity index is 414. The van der Waals surface area contributed by atoms with Crippen LogP contribution in [0.5, 0.6) is 0 Å². The molecule has 0 spiro atoms. The highest BCUT2D eigenvalue weighted by Crippen LogP contribution is 2.32. The number of likely N-dealkylation sites (N-methyl/N-ethyl adjacent to an activating group) is 1. The van der Waals surface area contributed by atoms with Crippen molar-refractivity contribution in [1.82, 2.24) is 15.1 Å². The van der Waals surface area contributed by atoms with Crippen molar-refractivity contribution in [2.75, 3.05) is 26.7 Å². The van der Waals surface area contributed by atoms with E-state index in [0.717, 1.165) is 32.4 Å². The van der Waals surface area contributed by atoms with Gasteiger partial charge in [-0.3, -0.25) is 4.79 Å². The zero-order valence-electron chi connectivity index (χ0n) is 11.7. The zero-order valence-corrected chi connectivity index (χ0v) is 11.7. The minimum Gasteiger partial charge on any atom is -0.480 e. The van der Waals surface area contributed by atoms with Gasteiger partial charge in [0.25, 0.3) is 0 Å². The van der Waals surface area contributed by atoms with Crippen molar-refractivity contribution in [2.24, 2.45) is 0 Å². The van der Waals surface area contributed by atoms with Crippen LogP contribution in [0.15, 0.2) is 0 Å². The van der Waals surface area contributed by atoms with E-state index in [4.69, 9.17) is 5.11 Å². The average molecular weight is 283 g/mol. The molecular formula is C13H21N3O4. The van der Waals surface area contributed by atoms with E-state index in [1.165, 1.54) is 11.9 Å². The van der Waals surface area contributed by atoms with E-state index in [2.05, 4.69) is 5.32 Å². The third-order valence-corrected chi connectivity index (χ3v) is 4.14. The maximum atomic E-state index is 12.0. The topological polar surface area (TPSA) is 90.0 Å². The first-order valence-electron chi connectivity index (χ1n) is 6.99. The van der Waals surface area contributed by atoms with E-state index in [9.17, 15) is 14.4 Å². The first-order chi connectivity index (χ1) is 9.44. The highest BCUT2D eigenvalue weighted by Gasteiger charge is 2.46. The molecule has 0 aromatic rings. The Morgan fingerprint density at radius 1 is 1.20 bits per heavy atom. The Kier molecular flexibility index (Phi) is 4.15. The summed E-state index contributed by atoms with van der Waals surface area (Å²) in [6.45, 7) is 1.47. The number of hydrogen-bond donors (Lipinski definition) is 2. The summed E-state index contributed by atoms with van der Waals surface area (Å²) in [4.78, 5) is 38.1. The third-order valence-electron chi connectivity index (χ3n) is 4.14. The number of amides is 3. The molecule has 2 aliphatic rings. The SMILES string of the molecule is CN(CC(=O)N1CCCC1)C(=O)NC1(C(=O)O)CCC1. The molecule has 1 heterocycles. The number of urea groups is 1. The number of aliphatic carboxylic acids is 1. The minimum atomic E-state index is -1.14. The van der Waals surface area contributed by atoms with Crippen molar-refractivity contribution >= 4 is 17.9 Å². The molecule has 1 aliphatic carbocycles. The van der Waals surface area contributed by atoms with Crippen LogP contribution in [-0.2, 0) is 9.59 Å². The lowest BCUT2D eigenvalue weighted by atomic mass is 9.77. The summed E-state index contributed by atoms with van der Waals surface area (Å²) in [5.41, 5.74) is -1.14. The molecule has 0 aromatic carbocycles. The standard InChI is InChI=1S/C13H21N3O4/c1-15(9-10(17)16-7-2-3-8-16)12(20)14-13(11(18)19)5-4-6-13/h2-9H2,1H3,(H,14,20)(H,18,19). The highest BCUT2D eigenvalue weighted by atomic mass is 16.4. The zero-order chi connectivity index (χ0) is 14.8. The number of carboxylic acids is 1. The van der Waals surface area contributed by atoms with E-state index in [1.807, 2.05) is 0 Å². The molecule has 0 atom stereocenters. The Morgan fingerprint density at radius 3 is 2.25 bits per heavy atom. The average Bonchev–Trinajstić information content (AvgIpc) is 2.86. The number of nitrogens with zero attached hydrogens (tertiary/aromatic N) is 2. The molecule has 1 aliphatic heterocycles. The molecule has 3 amide bonds. The molecule has 1 saturated heterocycles. The second kappa shape index (κ2) is 5.68. The number of likely N-dealkylation sites (tertiary alicyclic amines) is 1. The van der Waals surface area contributed by atoms with Gasteiger partial charge in [-0.05, 0) is 32.1 Å². The summed E-state index contributed by atoms with van der Waals surface area (Å²) in [5, 5.41) is 11.7. The third kappa shape index (κ3) is 2.86. The number of carboxylic acid groups (broad SMARTS) is 1. The molecule has 2 fully saturated rings. The van der Waals surface area contributed by atoms with Gasteiger partial charge < -0.3 is 20.2 Å². The summed E-state index contributed by atoms with van der Waals surface area (Å²) < 4.78 is 0. The van der Waals surface area contributed by atoms with Gasteiger partial charge in [0, 0.05) is 20.1 Å². The van der Waals surface area contributed by atoms with E-state index < -0.39 is 17.5 Å². The van der Waals surface area contributed by atoms with Gasteiger partial charge in [-0.15, -0.1) is 0 Å². The number of rotatable bonds is 4. The molecule has 2 rings (SSSR count). The highest BCUT2D eigenvalue weighted by molar-refractivity contribution is 5.89. The van der Waals surface area contributed by atoms with Gasteiger partial charge in [-0.25, -0.2) is 9.59 Å². The van der Waals surface area contributed by atoms with Gasteiger partial charge in [0.1, 0.15) is 12.1 Å². The lowest BCUT2D eigenvalue weighted by Crippen LogP contribution is -2.61. The van der Waals surface area contributed by atoms with Crippen molar-refractivity contribution in [1.29, 1.82) is 0 Å². The lowest BCUT2D eigenvalue weighted by Gasteiger charge is -2.39. The van der Waals surface area contributed by atoms with Crippen LogP contribution in [0, 0.1) is 0 Å². The molecule has 0 bridgehead atoms. The summed E-state index contributed by atoms with van der Waals surface area (Å²) >= 11 is 0. The predicted octanol–water partition coefficient (Wildman–Crippen LogP) is 0.258. The Balaban J connectivity index is 1.85. The summed E-state index contributed by atoms with van der Waals surface area (Å²) in [5.74, 6) is -1.09. The van der Waals surface area contributed by atoms with Gasteiger partial charge in [0.05, 0.1) is 0 Å². The van der Waals surface area contributed by atoms with Crippen LogP contribution < -0.4 is 5.32 Å². The summed E-state index contributed by atoms with van der Waals surface area (Å²) in [6.07, 6.45) is 3.69. The van der Waals surface area contributed by atoms with Crippen LogP contribution in [0.1, 0.15) is 32.1 Å². The van der Waals surface area contributed by atoms with E-state index in [1.54, 1.807) is 4.90 Å². The van der Waals surface area contributed by atoms with Gasteiger partial charge in [-0.1, -0.05) is 0 Å². The molecule has 7 nitrogen and oxygen atoms in total. The minimum absolute atomic E-state index is 0.0124. The maximum absolute atomic E-state index is 12.0. The van der Waals surface area contributed by atoms with E-state index in [-0.39, 0.29) is 12.5 Å². The van der Waals surface area contributed by atoms with Crippen molar-refractivity contribution in [3.8, 4) is 0 Å². The predicted molar refractivity (Wildman–Crippen MR) is 71.2 cm³/mol. The summed E-state index contributed by atoms with van der Waals surface area (Å²) in [7, 11) is 1.51. The van der Waals surface area contributed by atoms with E-state index >= 15 is 0 Å². The van der Waals surface area contributed by atoms with E-state index in [0.29, 0.717) is 12.8 Å². The molecule has 0 radical (unpaired) electrons. The molecular weight excluding hydrogens is 262 g/mol. The monoisotopic (exact) mass is 283 g/mol. The smallest absolute Gasteiger partial charge is 0.329 e. The second-order valence-corrected chi connectivity index (χ2v) is 5.61. The van der Waals surface area contributed by atoms with Crippen molar-refractivity contribution < 1.29 is 19.5 Å². The fraction of sp³-hybridized carbons (Fsp3) is 0.769. The first kappa shape index (κ1) is 14.6. The van der Waals surface area contributed by atoms with Crippen molar-refractivity contribution in [3.05, 3.63) is 0 Å². The van der Waals surface area contributed by atoms with Crippen LogP contribution in [-0.4, -0.2) is 65.0 Å². The normalized spacial score (nSPS) is 20.1. The van der Waals surface area contributed by atoms with Crippen molar-refractivity contribution in [3.63, 3.8) is 0 Å². The Morgan fingerprint density at radius 2 is 1.80 bits per heavy atom. The number of hydrogen-bond acceptors (Lipinski definition) is 3. The van der Waals surface area contributed by atoms with Gasteiger partial charge >= 0.3 is 12.0 Å². The number of carbonyl (C=O) groups excluding carboxylic acids is 2. The van der Waals surface area contributed by atoms with Crippen LogP contribution in [0.3, 0.4) is 0 Å². The second-order valence-electron chi connectivity index (χ2n) is 5.61. The first-order valence-corrected chi connectivity index (χ1v) is 6.99. The molecule has 0 unspecified atom stereocenters. The molecule has 2 N–H and O–H groups in total. The Labute approximate surface area is 117 Å². The lowest BCUT2D eigenvalue weighted by molar-refractivity contribution is -0.148. The van der Waals surface area contributed by atoms with Crippen LogP contribution in [0.4, 0.5) is 4.79 Å². The molecule has 20 heavy (non-hydrogen) atoms. The fourth-order valence-corrected chi connectivity index (χ4v) is 2.56. The van der Waals surface area contributed by atoms with Gasteiger partial charge in [-0.2, -0.15) is 0 Å². The van der Waals surface area contributed by atoms with Gasteiger partial charge in [0.15, 0.2) is 0 Å². The van der Waals surface area contributed by atoms with Gasteiger partial charge in [0.2, 0.25) is 5.91 Å². The molecule has 0 aromatic heterocycles. The van der Waals surface area contributed by atoms with Crippen LogP contribution >= 0.6 is 0 Å². The number of carbonyl (C=O) groups is 3. The van der Waals surface area contributed by atoms with Crippen LogP contribution in [0.2, 0.25) is 0 Å². The molecule has 1 saturated carbocycles. The largest absolute Gasteiger partial charge is 0.480 e. The van der Waals surface area contributed by atoms with Crippen molar-refractivity contribution in [2.45, 2.75) is 37.6 Å². The molecule has 112 valence electrons. The maximum Gasteiger partial charge on any atom is 0.329 e.